The van der Waals surface area contributed by atoms with E-state index in [1.165, 1.54) is 16.8 Å². The van der Waals surface area contributed by atoms with Crippen molar-refractivity contribution in [3.05, 3.63) is 59.7 Å². The van der Waals surface area contributed by atoms with Gasteiger partial charge in [0.15, 0.2) is 0 Å². The van der Waals surface area contributed by atoms with Crippen LogP contribution in [-0.4, -0.2) is 13.2 Å². The number of benzene rings is 2. The summed E-state index contributed by atoms with van der Waals surface area (Å²) in [5, 5.41) is 3.41. The molecule has 0 saturated carbocycles. The lowest BCUT2D eigenvalue weighted by molar-refractivity contribution is 0.328. The Labute approximate surface area is 121 Å². The van der Waals surface area contributed by atoms with Crippen molar-refractivity contribution in [1.29, 1.82) is 0 Å². The van der Waals surface area contributed by atoms with Crippen LogP contribution < -0.4 is 10.1 Å². The van der Waals surface area contributed by atoms with Gasteiger partial charge in [0.25, 0.3) is 0 Å². The average molecular weight is 269 g/mol. The summed E-state index contributed by atoms with van der Waals surface area (Å²) in [6.45, 7) is 7.95. The molecule has 2 heteroatoms. The molecule has 2 aromatic rings. The third-order valence-corrected chi connectivity index (χ3v) is 3.36. The van der Waals surface area contributed by atoms with Crippen molar-refractivity contribution in [3.63, 3.8) is 0 Å². The van der Waals surface area contributed by atoms with E-state index in [0.29, 0.717) is 12.5 Å². The Morgan fingerprint density at radius 2 is 1.70 bits per heavy atom. The van der Waals surface area contributed by atoms with Gasteiger partial charge in [0.2, 0.25) is 0 Å². The van der Waals surface area contributed by atoms with Gasteiger partial charge in [0.1, 0.15) is 12.4 Å². The fourth-order valence-electron chi connectivity index (χ4n) is 2.21. The molecule has 20 heavy (non-hydrogen) atoms. The van der Waals surface area contributed by atoms with Crippen molar-refractivity contribution in [2.24, 2.45) is 0 Å². The van der Waals surface area contributed by atoms with Gasteiger partial charge in [0.05, 0.1) is 0 Å². The lowest BCUT2D eigenvalue weighted by atomic mass is 10.0. The normalized spacial score (nSPS) is 10.6. The summed E-state index contributed by atoms with van der Waals surface area (Å²) in [7, 11) is 0. The number of rotatable bonds is 6. The van der Waals surface area contributed by atoms with Crippen molar-refractivity contribution in [3.8, 4) is 5.75 Å². The summed E-state index contributed by atoms with van der Waals surface area (Å²) in [6, 6.07) is 16.6. The molecule has 0 saturated heterocycles. The Kier molecular flexibility index (Phi) is 5.05. The quantitative estimate of drug-likeness (QED) is 0.773. The molecule has 0 aromatic heterocycles. The van der Waals surface area contributed by atoms with Crippen molar-refractivity contribution in [2.45, 2.75) is 26.7 Å². The SMILES string of the molecule is Cc1ccccc1NCCOc1ccccc1C(C)C. The van der Waals surface area contributed by atoms with Crippen molar-refractivity contribution < 1.29 is 4.74 Å². The van der Waals surface area contributed by atoms with Gasteiger partial charge >= 0.3 is 0 Å². The summed E-state index contributed by atoms with van der Waals surface area (Å²) in [5.74, 6) is 1.48. The zero-order chi connectivity index (χ0) is 14.4. The molecule has 0 radical (unpaired) electrons. The van der Waals surface area contributed by atoms with E-state index < -0.39 is 0 Å². The Morgan fingerprint density at radius 1 is 1.00 bits per heavy atom. The second-order valence-corrected chi connectivity index (χ2v) is 5.28. The summed E-state index contributed by atoms with van der Waals surface area (Å²) >= 11 is 0. The number of para-hydroxylation sites is 2. The minimum atomic E-state index is 0.482. The molecule has 0 aliphatic heterocycles. The first-order valence-electron chi connectivity index (χ1n) is 7.19. The second kappa shape index (κ2) is 6.99. The van der Waals surface area contributed by atoms with Gasteiger partial charge in [-0.05, 0) is 36.1 Å². The number of hydrogen-bond donors (Lipinski definition) is 1. The molecule has 0 spiro atoms. The van der Waals surface area contributed by atoms with Crippen LogP contribution in [0.3, 0.4) is 0 Å². The third kappa shape index (κ3) is 3.77. The van der Waals surface area contributed by atoms with E-state index in [4.69, 9.17) is 4.74 Å². The van der Waals surface area contributed by atoms with Crippen LogP contribution in [-0.2, 0) is 0 Å². The molecule has 0 atom stereocenters. The van der Waals surface area contributed by atoms with Gasteiger partial charge in [-0.15, -0.1) is 0 Å². The van der Waals surface area contributed by atoms with E-state index in [1.54, 1.807) is 0 Å². The van der Waals surface area contributed by atoms with Crippen LogP contribution in [0.2, 0.25) is 0 Å². The van der Waals surface area contributed by atoms with Crippen LogP contribution in [0.15, 0.2) is 48.5 Å². The van der Waals surface area contributed by atoms with Gasteiger partial charge in [-0.25, -0.2) is 0 Å². The number of anilines is 1. The highest BCUT2D eigenvalue weighted by molar-refractivity contribution is 5.50. The highest BCUT2D eigenvalue weighted by Crippen LogP contribution is 2.25. The minimum Gasteiger partial charge on any atom is -0.491 e. The summed E-state index contributed by atoms with van der Waals surface area (Å²) < 4.78 is 5.90. The molecule has 0 aliphatic rings. The van der Waals surface area contributed by atoms with Gasteiger partial charge in [-0.1, -0.05) is 50.2 Å². The summed E-state index contributed by atoms with van der Waals surface area (Å²) in [4.78, 5) is 0. The number of hydrogen-bond acceptors (Lipinski definition) is 2. The predicted octanol–water partition coefficient (Wildman–Crippen LogP) is 4.61. The van der Waals surface area contributed by atoms with E-state index in [1.807, 2.05) is 18.2 Å². The van der Waals surface area contributed by atoms with Crippen molar-refractivity contribution in [1.82, 2.24) is 0 Å². The minimum absolute atomic E-state index is 0.482. The molecule has 0 bridgehead atoms. The smallest absolute Gasteiger partial charge is 0.122 e. The number of ether oxygens (including phenoxy) is 1. The summed E-state index contributed by atoms with van der Waals surface area (Å²) in [6.07, 6.45) is 0. The van der Waals surface area contributed by atoms with Crippen LogP contribution in [0.5, 0.6) is 5.75 Å². The summed E-state index contributed by atoms with van der Waals surface area (Å²) in [5.41, 5.74) is 3.70. The molecule has 2 aromatic carbocycles. The molecule has 0 unspecified atom stereocenters. The van der Waals surface area contributed by atoms with E-state index in [-0.39, 0.29) is 0 Å². The number of aryl methyl sites for hydroxylation is 1. The fraction of sp³-hybridized carbons (Fsp3) is 0.333. The Hall–Kier alpha value is -1.96. The van der Waals surface area contributed by atoms with Crippen LogP contribution in [0.1, 0.15) is 30.9 Å². The third-order valence-electron chi connectivity index (χ3n) is 3.36. The molecule has 0 amide bonds. The van der Waals surface area contributed by atoms with Crippen LogP contribution in [0, 0.1) is 6.92 Å². The molecule has 1 N–H and O–H groups in total. The topological polar surface area (TPSA) is 21.3 Å². The molecular weight excluding hydrogens is 246 g/mol. The van der Waals surface area contributed by atoms with E-state index >= 15 is 0 Å². The average Bonchev–Trinajstić information content (AvgIpc) is 2.45. The predicted molar refractivity (Wildman–Crippen MR) is 85.7 cm³/mol. The second-order valence-electron chi connectivity index (χ2n) is 5.28. The Bertz CT molecular complexity index is 549. The molecule has 0 heterocycles. The Balaban J connectivity index is 1.86. The molecule has 0 aliphatic carbocycles. The van der Waals surface area contributed by atoms with Crippen LogP contribution in [0.25, 0.3) is 0 Å². The molecule has 106 valence electrons. The zero-order valence-corrected chi connectivity index (χ0v) is 12.5. The first kappa shape index (κ1) is 14.4. The Morgan fingerprint density at radius 3 is 2.45 bits per heavy atom. The van der Waals surface area contributed by atoms with Gasteiger partial charge in [-0.2, -0.15) is 0 Å². The van der Waals surface area contributed by atoms with E-state index in [9.17, 15) is 0 Å². The highest BCUT2D eigenvalue weighted by Gasteiger charge is 2.06. The van der Waals surface area contributed by atoms with E-state index in [0.717, 1.165) is 12.3 Å². The molecular formula is C18H23NO. The van der Waals surface area contributed by atoms with Crippen LogP contribution in [0.4, 0.5) is 5.69 Å². The maximum absolute atomic E-state index is 5.90. The van der Waals surface area contributed by atoms with Crippen molar-refractivity contribution in [2.75, 3.05) is 18.5 Å². The van der Waals surface area contributed by atoms with E-state index in [2.05, 4.69) is 56.4 Å². The monoisotopic (exact) mass is 269 g/mol. The largest absolute Gasteiger partial charge is 0.491 e. The van der Waals surface area contributed by atoms with Crippen LogP contribution >= 0.6 is 0 Å². The number of nitrogens with one attached hydrogen (secondary N) is 1. The lowest BCUT2D eigenvalue weighted by Crippen LogP contribution is -2.13. The van der Waals surface area contributed by atoms with Crippen molar-refractivity contribution >= 4 is 5.69 Å². The molecule has 2 nitrogen and oxygen atoms in total. The maximum atomic E-state index is 5.90. The maximum Gasteiger partial charge on any atom is 0.122 e. The zero-order valence-electron chi connectivity index (χ0n) is 12.5. The first-order valence-corrected chi connectivity index (χ1v) is 7.19. The van der Waals surface area contributed by atoms with Gasteiger partial charge < -0.3 is 10.1 Å². The van der Waals surface area contributed by atoms with Gasteiger partial charge in [-0.3, -0.25) is 0 Å². The standard InChI is InChI=1S/C18H23NO/c1-14(2)16-9-5-7-11-18(16)20-13-12-19-17-10-6-4-8-15(17)3/h4-11,14,19H,12-13H2,1-3H3. The first-order chi connectivity index (χ1) is 9.68. The lowest BCUT2D eigenvalue weighted by Gasteiger charge is -2.15. The molecule has 0 fully saturated rings. The molecule has 2 rings (SSSR count). The van der Waals surface area contributed by atoms with Gasteiger partial charge in [0, 0.05) is 12.2 Å². The fourth-order valence-corrected chi connectivity index (χ4v) is 2.21. The highest BCUT2D eigenvalue weighted by atomic mass is 16.5.